The Bertz CT molecular complexity index is 1670. The summed E-state index contributed by atoms with van der Waals surface area (Å²) >= 11 is 0. The van der Waals surface area contributed by atoms with Crippen LogP contribution in [0.2, 0.25) is 0 Å². The Balaban J connectivity index is 1.39. The maximum atomic E-state index is 14.0. The maximum absolute atomic E-state index is 14.0. The number of aliphatic hydroxyl groups excluding tert-OH is 1. The first-order valence-electron chi connectivity index (χ1n) is 16.6. The lowest BCUT2D eigenvalue weighted by Gasteiger charge is -2.42. The summed E-state index contributed by atoms with van der Waals surface area (Å²) in [6.07, 6.45) is -0.0807. The maximum Gasteiger partial charge on any atom is 0.239 e. The number of phenolic OH excluding ortho intramolecular Hbond substituents is 2. The summed E-state index contributed by atoms with van der Waals surface area (Å²) < 4.78 is 29.9. The second kappa shape index (κ2) is 14.1. The van der Waals surface area contributed by atoms with Crippen molar-refractivity contribution >= 4 is 23.2 Å². The number of amides is 1. The highest BCUT2D eigenvalue weighted by Gasteiger charge is 2.49. The van der Waals surface area contributed by atoms with Crippen LogP contribution in [-0.4, -0.2) is 94.3 Å². The quantitative estimate of drug-likeness (QED) is 0.126. The molecule has 0 aromatic heterocycles. The third-order valence-electron chi connectivity index (χ3n) is 9.76. The van der Waals surface area contributed by atoms with Gasteiger partial charge < -0.3 is 44.1 Å². The topological polar surface area (TPSA) is 203 Å². The van der Waals surface area contributed by atoms with E-state index in [-0.39, 0.29) is 59.0 Å². The van der Waals surface area contributed by atoms with E-state index in [0.29, 0.717) is 19.4 Å². The van der Waals surface area contributed by atoms with E-state index in [4.69, 9.17) is 23.7 Å². The highest BCUT2D eigenvalue weighted by atomic mass is 16.7. The van der Waals surface area contributed by atoms with E-state index in [9.17, 15) is 34.8 Å². The number of rotatable bonds is 9. The summed E-state index contributed by atoms with van der Waals surface area (Å²) in [5.41, 5.74) is -0.982. The summed E-state index contributed by atoms with van der Waals surface area (Å²) in [6, 6.07) is 4.47. The molecular weight excluding hydrogens is 640 g/mol. The molecule has 14 heteroatoms. The minimum atomic E-state index is -2.03. The number of ether oxygens (including phenoxy) is 5. The number of phenols is 2. The average molecular weight is 683 g/mol. The Labute approximate surface area is 283 Å². The summed E-state index contributed by atoms with van der Waals surface area (Å²) in [7, 11) is 1.35. The highest BCUT2D eigenvalue weighted by molar-refractivity contribution is 6.31. The van der Waals surface area contributed by atoms with E-state index in [1.807, 2.05) is 6.92 Å². The predicted octanol–water partition coefficient (Wildman–Crippen LogP) is 2.93. The molecule has 6 rings (SSSR count). The van der Waals surface area contributed by atoms with Crippen LogP contribution in [0.1, 0.15) is 108 Å². The van der Waals surface area contributed by atoms with Crippen LogP contribution >= 0.6 is 0 Å². The number of ketones is 2. The molecule has 2 aliphatic carbocycles. The van der Waals surface area contributed by atoms with Gasteiger partial charge in [0.15, 0.2) is 18.4 Å². The van der Waals surface area contributed by atoms with E-state index < -0.39 is 77.2 Å². The minimum absolute atomic E-state index is 0.0134. The monoisotopic (exact) mass is 682 g/mol. The van der Waals surface area contributed by atoms with E-state index in [1.54, 1.807) is 6.92 Å². The van der Waals surface area contributed by atoms with E-state index >= 15 is 0 Å². The van der Waals surface area contributed by atoms with Crippen LogP contribution in [0.3, 0.4) is 0 Å². The molecule has 0 unspecified atom stereocenters. The number of aromatic hydroxyl groups is 2. The molecule has 2 aliphatic heterocycles. The van der Waals surface area contributed by atoms with Crippen molar-refractivity contribution in [1.29, 1.82) is 0 Å². The standard InChI is InChI=1S/C35H42N2O12/c1-4-24(39)37-36-23(16-38)35(44)14-19-28(22(15-35)49-26-12-11-20(17(2)47-26)48-25-10-5-6-13-46-25)34(43)30-29(32(19)41)31(40)18-8-7-9-21(45-3)27(18)33(30)42/h7-9,17,20,22,25-26,38,41,43-44H,4-6,10-16H2,1-3H3,(H,37,39)/b36-23-/t17-,20-,22-,25+,26-,35-/m0/s1. The fourth-order valence-corrected chi connectivity index (χ4v) is 7.16. The van der Waals surface area contributed by atoms with Gasteiger partial charge in [-0.15, -0.1) is 0 Å². The van der Waals surface area contributed by atoms with Crippen LogP contribution in [0.25, 0.3) is 0 Å². The zero-order valence-electron chi connectivity index (χ0n) is 27.7. The smallest absolute Gasteiger partial charge is 0.239 e. The van der Waals surface area contributed by atoms with Crippen LogP contribution in [0, 0.1) is 0 Å². The van der Waals surface area contributed by atoms with Gasteiger partial charge >= 0.3 is 0 Å². The normalized spacial score (nSPS) is 28.3. The van der Waals surface area contributed by atoms with Crippen molar-refractivity contribution < 1.29 is 58.5 Å². The molecule has 4 aliphatic rings. The van der Waals surface area contributed by atoms with Crippen molar-refractivity contribution in [3.05, 3.63) is 51.6 Å². The lowest BCUT2D eigenvalue weighted by molar-refractivity contribution is -0.276. The molecule has 14 nitrogen and oxygen atoms in total. The first-order valence-corrected chi connectivity index (χ1v) is 16.6. The molecule has 2 aromatic carbocycles. The van der Waals surface area contributed by atoms with Gasteiger partial charge in [0.2, 0.25) is 11.7 Å². The summed E-state index contributed by atoms with van der Waals surface area (Å²) in [5.74, 6) is -3.02. The van der Waals surface area contributed by atoms with Crippen molar-refractivity contribution in [2.24, 2.45) is 5.10 Å². The van der Waals surface area contributed by atoms with E-state index in [0.717, 1.165) is 19.3 Å². The SMILES string of the molecule is CCC(=O)N/N=C(/CO)[C@]1(O)Cc2c(O)c3c(c(O)c2[C@@H](O[C@H]2CC[C@H](O[C@@H]4CCCCO4)[C@H](C)O2)C1)C(=O)c1c(OC)cccc1C3=O. The third kappa shape index (κ3) is 6.44. The second-order valence-corrected chi connectivity index (χ2v) is 12.8. The van der Waals surface area contributed by atoms with E-state index in [2.05, 4.69) is 10.5 Å². The van der Waals surface area contributed by atoms with Gasteiger partial charge in [0.25, 0.3) is 0 Å². The lowest BCUT2D eigenvalue weighted by atomic mass is 9.71. The summed E-state index contributed by atoms with van der Waals surface area (Å²) in [6.45, 7) is 3.31. The number of carbonyl (C=O) groups is 3. The number of carbonyl (C=O) groups excluding carboxylic acids is 3. The molecule has 2 saturated heterocycles. The number of methoxy groups -OCH3 is 1. The Morgan fingerprint density at radius 3 is 2.49 bits per heavy atom. The van der Waals surface area contributed by atoms with Crippen LogP contribution in [-0.2, 0) is 30.2 Å². The van der Waals surface area contributed by atoms with Gasteiger partial charge in [0, 0.05) is 49.0 Å². The molecule has 5 N–H and O–H groups in total. The number of aliphatic hydroxyl groups is 2. The molecule has 2 aromatic rings. The Hall–Kier alpha value is -3.92. The first-order chi connectivity index (χ1) is 23.5. The fraction of sp³-hybridized carbons (Fsp3) is 0.543. The number of hydrazone groups is 1. The van der Waals surface area contributed by atoms with Crippen molar-refractivity contribution in [3.63, 3.8) is 0 Å². The van der Waals surface area contributed by atoms with Crippen molar-refractivity contribution in [1.82, 2.24) is 5.43 Å². The Morgan fingerprint density at radius 2 is 1.82 bits per heavy atom. The molecule has 1 amide bonds. The Kier molecular flexibility index (Phi) is 10.1. The molecule has 49 heavy (non-hydrogen) atoms. The molecule has 0 spiro atoms. The van der Waals surface area contributed by atoms with Crippen molar-refractivity contribution in [3.8, 4) is 17.2 Å². The van der Waals surface area contributed by atoms with E-state index in [1.165, 1.54) is 25.3 Å². The molecule has 0 saturated carbocycles. The zero-order valence-corrected chi connectivity index (χ0v) is 27.7. The fourth-order valence-electron chi connectivity index (χ4n) is 7.16. The molecule has 2 fully saturated rings. The predicted molar refractivity (Wildman–Crippen MR) is 172 cm³/mol. The molecular formula is C35H42N2O12. The van der Waals surface area contributed by atoms with Gasteiger partial charge in [-0.25, -0.2) is 5.43 Å². The van der Waals surface area contributed by atoms with Gasteiger partial charge in [-0.3, -0.25) is 14.4 Å². The highest BCUT2D eigenvalue weighted by Crippen LogP contribution is 2.52. The minimum Gasteiger partial charge on any atom is -0.507 e. The molecule has 0 radical (unpaired) electrons. The molecule has 264 valence electrons. The van der Waals surface area contributed by atoms with Crippen molar-refractivity contribution in [2.75, 3.05) is 20.3 Å². The number of fused-ring (bicyclic) bond motifs is 3. The number of nitrogens with one attached hydrogen (secondary N) is 1. The average Bonchev–Trinajstić information content (AvgIpc) is 3.09. The number of hydrogen-bond donors (Lipinski definition) is 5. The second-order valence-electron chi connectivity index (χ2n) is 12.8. The van der Waals surface area contributed by atoms with Gasteiger partial charge in [-0.05, 0) is 38.7 Å². The van der Waals surface area contributed by atoms with Crippen LogP contribution in [0.5, 0.6) is 17.2 Å². The lowest BCUT2D eigenvalue weighted by Crippen LogP contribution is -2.49. The largest absolute Gasteiger partial charge is 0.507 e. The van der Waals surface area contributed by atoms with Gasteiger partial charge in [0.1, 0.15) is 22.8 Å². The zero-order chi connectivity index (χ0) is 35.0. The molecule has 6 atom stereocenters. The first kappa shape index (κ1) is 34.9. The number of benzene rings is 2. The van der Waals surface area contributed by atoms with Gasteiger partial charge in [0.05, 0.1) is 54.4 Å². The van der Waals surface area contributed by atoms with Gasteiger partial charge in [-0.1, -0.05) is 19.1 Å². The molecule has 2 heterocycles. The molecule has 0 bridgehead atoms. The van der Waals surface area contributed by atoms with Gasteiger partial charge in [-0.2, -0.15) is 5.10 Å². The summed E-state index contributed by atoms with van der Waals surface area (Å²) in [5, 5.41) is 49.9. The Morgan fingerprint density at radius 1 is 1.04 bits per heavy atom. The third-order valence-corrected chi connectivity index (χ3v) is 9.76. The van der Waals surface area contributed by atoms with Crippen LogP contribution in [0.4, 0.5) is 0 Å². The van der Waals surface area contributed by atoms with Crippen molar-refractivity contribution in [2.45, 2.75) is 102 Å². The number of hydrogen-bond acceptors (Lipinski definition) is 13. The summed E-state index contributed by atoms with van der Waals surface area (Å²) in [4.78, 5) is 39.8. The van der Waals surface area contributed by atoms with Crippen LogP contribution in [0.15, 0.2) is 23.3 Å². The van der Waals surface area contributed by atoms with Crippen LogP contribution < -0.4 is 10.2 Å². The number of nitrogens with zero attached hydrogens (tertiary/aromatic N) is 1.